The van der Waals surface area contributed by atoms with Crippen LogP contribution in [0, 0.1) is 10.8 Å². The highest BCUT2D eigenvalue weighted by Gasteiger charge is 2.74. The summed E-state index contributed by atoms with van der Waals surface area (Å²) in [5.41, 5.74) is -2.48. The Balaban J connectivity index is 1.33. The zero-order valence-electron chi connectivity index (χ0n) is 20.4. The molecule has 4 saturated heterocycles. The summed E-state index contributed by atoms with van der Waals surface area (Å²) in [6, 6.07) is 1.27. The number of halogens is 3. The third-order valence-corrected chi connectivity index (χ3v) is 7.66. The highest BCUT2D eigenvalue weighted by molar-refractivity contribution is 6.02. The van der Waals surface area contributed by atoms with Gasteiger partial charge in [-0.2, -0.15) is 13.2 Å². The topological polar surface area (TPSA) is 194 Å². The molecule has 210 valence electrons. The van der Waals surface area contributed by atoms with Gasteiger partial charge >= 0.3 is 6.18 Å². The molecule has 3 unspecified atom stereocenters. The smallest absolute Gasteiger partial charge is 0.361 e. The number of aliphatic hydroxyl groups is 2. The molecule has 16 heteroatoms. The molecule has 4 aliphatic rings. The van der Waals surface area contributed by atoms with Crippen LogP contribution in [0.15, 0.2) is 24.3 Å². The van der Waals surface area contributed by atoms with Crippen LogP contribution < -0.4 is 21.3 Å². The molecular formula is C23H27F3N8O5. The minimum absolute atomic E-state index is 0.0361. The van der Waals surface area contributed by atoms with E-state index in [2.05, 4.69) is 21.3 Å². The van der Waals surface area contributed by atoms with Crippen molar-refractivity contribution in [3.63, 3.8) is 0 Å². The number of carbonyl (C=O) groups is 3. The molecule has 3 amide bonds. The van der Waals surface area contributed by atoms with Gasteiger partial charge in [-0.1, -0.05) is 18.2 Å². The molecule has 5 rings (SSSR count). The molecule has 4 fully saturated rings. The number of benzene rings is 1. The second kappa shape index (κ2) is 9.08. The Morgan fingerprint density at radius 2 is 1.85 bits per heavy atom. The normalized spacial score (nSPS) is 29.5. The van der Waals surface area contributed by atoms with Gasteiger partial charge in [0, 0.05) is 25.8 Å². The Morgan fingerprint density at radius 3 is 2.51 bits per heavy atom. The van der Waals surface area contributed by atoms with Crippen LogP contribution in [-0.2, 0) is 27.0 Å². The van der Waals surface area contributed by atoms with E-state index < -0.39 is 59.0 Å². The van der Waals surface area contributed by atoms with E-state index in [1.54, 1.807) is 0 Å². The summed E-state index contributed by atoms with van der Waals surface area (Å²) < 4.78 is 39.0. The van der Waals surface area contributed by atoms with Crippen molar-refractivity contribution in [3.05, 3.63) is 35.4 Å². The Bertz CT molecular complexity index is 1240. The van der Waals surface area contributed by atoms with Crippen molar-refractivity contribution in [2.75, 3.05) is 13.1 Å². The third kappa shape index (κ3) is 4.32. The van der Waals surface area contributed by atoms with Gasteiger partial charge in [0.2, 0.25) is 23.5 Å². The van der Waals surface area contributed by atoms with E-state index in [0.717, 1.165) is 17.0 Å². The molecule has 0 saturated carbocycles. The highest BCUT2D eigenvalue weighted by Crippen LogP contribution is 2.43. The maximum Gasteiger partial charge on any atom is 0.416 e. The number of amides is 3. The monoisotopic (exact) mass is 552 g/mol. The van der Waals surface area contributed by atoms with E-state index in [1.165, 1.54) is 17.0 Å². The van der Waals surface area contributed by atoms with Gasteiger partial charge in [-0.05, 0) is 18.1 Å². The average Bonchev–Trinajstić information content (AvgIpc) is 3.45. The van der Waals surface area contributed by atoms with Gasteiger partial charge in [0.15, 0.2) is 17.6 Å². The lowest BCUT2D eigenvalue weighted by Gasteiger charge is -2.51. The first-order valence-corrected chi connectivity index (χ1v) is 12.2. The van der Waals surface area contributed by atoms with E-state index in [-0.39, 0.29) is 56.3 Å². The quantitative estimate of drug-likeness (QED) is 0.151. The number of alkyl halides is 3. The number of imide groups is 1. The fourth-order valence-corrected chi connectivity index (χ4v) is 5.78. The van der Waals surface area contributed by atoms with Gasteiger partial charge in [0.05, 0.1) is 24.2 Å². The number of hydrogen-bond donors (Lipinski definition) is 8. The van der Waals surface area contributed by atoms with Crippen molar-refractivity contribution in [2.24, 2.45) is 0 Å². The zero-order valence-corrected chi connectivity index (χ0v) is 20.4. The number of carbonyl (C=O) groups excluding carboxylic acids is 3. The number of nitrogens with one attached hydrogen (secondary N) is 6. The summed E-state index contributed by atoms with van der Waals surface area (Å²) in [7, 11) is 0. The lowest BCUT2D eigenvalue weighted by Crippen LogP contribution is -2.81. The van der Waals surface area contributed by atoms with Crippen molar-refractivity contribution < 1.29 is 37.8 Å². The fraction of sp³-hybridized carbons (Fsp3) is 0.522. The van der Waals surface area contributed by atoms with E-state index in [0.29, 0.717) is 0 Å². The molecule has 4 atom stereocenters. The van der Waals surface area contributed by atoms with Crippen molar-refractivity contribution in [1.82, 2.24) is 31.1 Å². The van der Waals surface area contributed by atoms with Crippen LogP contribution in [0.25, 0.3) is 0 Å². The first kappa shape index (κ1) is 26.7. The van der Waals surface area contributed by atoms with Crippen LogP contribution in [0.3, 0.4) is 0 Å². The summed E-state index contributed by atoms with van der Waals surface area (Å²) in [6.07, 6.45) is -4.72. The van der Waals surface area contributed by atoms with Gasteiger partial charge in [0.1, 0.15) is 6.04 Å². The standard InChI is InChI=1S/C23H27F3N8O5/c24-23(25,26)12-3-1-2-11(8-12)4-5-15(35)30-14-10-34-20(28)29-13(9-33-16(36)6-7-17(33)37)18-21(34,22(14,38)39)32-19(27)31-18/h1-3,8,13-14,18,38-39H,4-7,9-10H2,(H2,28,29)(H,30,35)(H3,27,31,32)/t13-,14?,18?,21?/m0/s1. The number of hydrogen-bond acceptors (Lipinski definition) is 7. The molecule has 39 heavy (non-hydrogen) atoms. The summed E-state index contributed by atoms with van der Waals surface area (Å²) in [6.45, 7) is -0.451. The van der Waals surface area contributed by atoms with Crippen LogP contribution in [0.2, 0.25) is 0 Å². The lowest BCUT2D eigenvalue weighted by atomic mass is 9.84. The first-order valence-electron chi connectivity index (χ1n) is 12.2. The van der Waals surface area contributed by atoms with Crippen LogP contribution in [-0.4, -0.2) is 92.3 Å². The third-order valence-electron chi connectivity index (χ3n) is 7.66. The first-order chi connectivity index (χ1) is 18.2. The lowest BCUT2D eigenvalue weighted by molar-refractivity contribution is -0.233. The molecule has 4 aliphatic heterocycles. The molecule has 0 aliphatic carbocycles. The number of aryl methyl sites for hydroxylation is 1. The largest absolute Gasteiger partial charge is 0.416 e. The summed E-state index contributed by atoms with van der Waals surface area (Å²) >= 11 is 0. The van der Waals surface area contributed by atoms with Crippen molar-refractivity contribution in [1.29, 1.82) is 10.8 Å². The van der Waals surface area contributed by atoms with Gasteiger partial charge in [-0.15, -0.1) is 0 Å². The molecule has 0 aromatic heterocycles. The van der Waals surface area contributed by atoms with Crippen LogP contribution >= 0.6 is 0 Å². The second-order valence-electron chi connectivity index (χ2n) is 10.0. The predicted molar refractivity (Wildman–Crippen MR) is 127 cm³/mol. The molecule has 0 radical (unpaired) electrons. The minimum atomic E-state index is -4.53. The van der Waals surface area contributed by atoms with E-state index in [9.17, 15) is 37.8 Å². The van der Waals surface area contributed by atoms with Gasteiger partial charge in [-0.3, -0.25) is 30.1 Å². The number of guanidine groups is 2. The van der Waals surface area contributed by atoms with E-state index >= 15 is 0 Å². The van der Waals surface area contributed by atoms with Crippen LogP contribution in [0.1, 0.15) is 30.4 Å². The maximum absolute atomic E-state index is 13.0. The SMILES string of the molecule is N=C1NC2[C@H](CN3C(=O)CCC3=O)NC(=N)N3CC(NC(=O)CCc4cccc(C(F)(F)F)c4)C(O)(O)C23N1. The van der Waals surface area contributed by atoms with Gasteiger partial charge in [-0.25, -0.2) is 0 Å². The number of likely N-dealkylation sites (tertiary alicyclic amines) is 1. The van der Waals surface area contributed by atoms with E-state index in [1.807, 2.05) is 0 Å². The maximum atomic E-state index is 13.0. The molecule has 13 nitrogen and oxygen atoms in total. The average molecular weight is 553 g/mol. The predicted octanol–water partition coefficient (Wildman–Crippen LogP) is -1.63. The van der Waals surface area contributed by atoms with Gasteiger partial charge in [0.25, 0.3) is 0 Å². The van der Waals surface area contributed by atoms with Crippen molar-refractivity contribution in [3.8, 4) is 0 Å². The second-order valence-corrected chi connectivity index (χ2v) is 10.0. The van der Waals surface area contributed by atoms with Crippen molar-refractivity contribution >= 4 is 29.6 Å². The Hall–Kier alpha value is -3.92. The number of nitrogens with zero attached hydrogens (tertiary/aromatic N) is 2. The van der Waals surface area contributed by atoms with Crippen LogP contribution in [0.4, 0.5) is 13.2 Å². The summed E-state index contributed by atoms with van der Waals surface area (Å²) in [4.78, 5) is 39.4. The Morgan fingerprint density at radius 1 is 1.15 bits per heavy atom. The molecule has 8 N–H and O–H groups in total. The number of rotatable bonds is 6. The van der Waals surface area contributed by atoms with Crippen LogP contribution in [0.5, 0.6) is 0 Å². The molecule has 1 aromatic carbocycles. The zero-order chi connectivity index (χ0) is 28.3. The van der Waals surface area contributed by atoms with Gasteiger partial charge < -0.3 is 36.4 Å². The molecule has 0 bridgehead atoms. The summed E-state index contributed by atoms with van der Waals surface area (Å²) in [5, 5.41) is 50.2. The molecule has 1 spiro atoms. The molecular weight excluding hydrogens is 525 g/mol. The Labute approximate surface area is 219 Å². The molecule has 1 aromatic rings. The van der Waals surface area contributed by atoms with Crippen molar-refractivity contribution in [2.45, 2.75) is 61.4 Å². The fourth-order valence-electron chi connectivity index (χ4n) is 5.78. The summed E-state index contributed by atoms with van der Waals surface area (Å²) in [5.74, 6) is -4.81. The Kier molecular flexibility index (Phi) is 6.21. The molecule has 4 heterocycles. The van der Waals surface area contributed by atoms with E-state index in [4.69, 9.17) is 10.8 Å². The highest BCUT2D eigenvalue weighted by atomic mass is 19.4. The minimum Gasteiger partial charge on any atom is -0.361 e.